The van der Waals surface area contributed by atoms with Crippen molar-refractivity contribution in [3.63, 3.8) is 0 Å². The van der Waals surface area contributed by atoms with Crippen LogP contribution in [-0.4, -0.2) is 11.0 Å². The molecule has 0 N–H and O–H groups in total. The van der Waals surface area contributed by atoms with Gasteiger partial charge in [0, 0.05) is 0 Å². The lowest BCUT2D eigenvalue weighted by molar-refractivity contribution is -0.152. The summed E-state index contributed by atoms with van der Waals surface area (Å²) in [6, 6.07) is 0. The maximum Gasteiger partial charge on any atom is 0.307 e. The SMILES string of the molecule is CC(Br)OC(=O)CC12CC3CC(CC(C3)C1)C2. The Labute approximate surface area is 112 Å². The molecule has 17 heavy (non-hydrogen) atoms. The van der Waals surface area contributed by atoms with Crippen LogP contribution < -0.4 is 0 Å². The van der Waals surface area contributed by atoms with Crippen LogP contribution in [0.3, 0.4) is 0 Å². The molecule has 0 aromatic heterocycles. The van der Waals surface area contributed by atoms with Gasteiger partial charge in [-0.1, -0.05) is 0 Å². The van der Waals surface area contributed by atoms with Gasteiger partial charge in [0.1, 0.15) is 0 Å². The Hall–Kier alpha value is -0.0500. The van der Waals surface area contributed by atoms with Crippen molar-refractivity contribution in [1.29, 1.82) is 0 Å². The molecule has 96 valence electrons. The third-order valence-electron chi connectivity index (χ3n) is 4.98. The summed E-state index contributed by atoms with van der Waals surface area (Å²) in [5.74, 6) is 2.73. The van der Waals surface area contributed by atoms with Crippen LogP contribution in [0.15, 0.2) is 0 Å². The van der Waals surface area contributed by atoms with Gasteiger partial charge in [-0.25, -0.2) is 0 Å². The lowest BCUT2D eigenvalue weighted by Crippen LogP contribution is -2.47. The van der Waals surface area contributed by atoms with E-state index < -0.39 is 0 Å². The standard InChI is InChI=1S/C14H21BrO2/c1-9(15)17-13(16)8-14-5-10-2-11(6-14)4-12(3-10)7-14/h9-12H,2-8H2,1H3. The van der Waals surface area contributed by atoms with Crippen LogP contribution >= 0.6 is 15.9 Å². The molecule has 0 amide bonds. The molecule has 1 atom stereocenters. The van der Waals surface area contributed by atoms with Crippen LogP contribution in [0.4, 0.5) is 0 Å². The van der Waals surface area contributed by atoms with Crippen LogP contribution in [0.25, 0.3) is 0 Å². The van der Waals surface area contributed by atoms with Crippen LogP contribution in [0.5, 0.6) is 0 Å². The molecular formula is C14H21BrO2. The zero-order valence-electron chi connectivity index (χ0n) is 10.5. The summed E-state index contributed by atoms with van der Waals surface area (Å²) in [4.78, 5) is 11.9. The molecule has 4 aliphatic rings. The van der Waals surface area contributed by atoms with Crippen LogP contribution in [-0.2, 0) is 9.53 Å². The van der Waals surface area contributed by atoms with E-state index in [2.05, 4.69) is 15.9 Å². The smallest absolute Gasteiger partial charge is 0.307 e. The molecule has 0 aliphatic heterocycles. The van der Waals surface area contributed by atoms with Crippen molar-refractivity contribution in [1.82, 2.24) is 0 Å². The Morgan fingerprint density at radius 2 is 1.71 bits per heavy atom. The van der Waals surface area contributed by atoms with E-state index in [-0.39, 0.29) is 11.0 Å². The quantitative estimate of drug-likeness (QED) is 0.584. The number of ether oxygens (including phenoxy) is 1. The molecule has 2 nitrogen and oxygen atoms in total. The van der Waals surface area contributed by atoms with Crippen molar-refractivity contribution in [3.05, 3.63) is 0 Å². The number of hydrogen-bond acceptors (Lipinski definition) is 2. The summed E-state index contributed by atoms with van der Waals surface area (Å²) in [6.45, 7) is 1.86. The molecule has 0 aromatic rings. The molecule has 3 heteroatoms. The number of rotatable bonds is 3. The highest BCUT2D eigenvalue weighted by atomic mass is 79.9. The van der Waals surface area contributed by atoms with Gasteiger partial charge in [0.2, 0.25) is 0 Å². The number of esters is 1. The number of halogens is 1. The summed E-state index contributed by atoms with van der Waals surface area (Å²) in [5, 5.41) is -0.149. The summed E-state index contributed by atoms with van der Waals surface area (Å²) in [7, 11) is 0. The predicted molar refractivity (Wildman–Crippen MR) is 69.7 cm³/mol. The summed E-state index contributed by atoms with van der Waals surface area (Å²) in [5.41, 5.74) is 0.313. The first kappa shape index (κ1) is 12.0. The van der Waals surface area contributed by atoms with E-state index in [0.29, 0.717) is 11.8 Å². The number of carbonyl (C=O) groups excluding carboxylic acids is 1. The van der Waals surface area contributed by atoms with Gasteiger partial charge in [0.05, 0.1) is 6.42 Å². The second-order valence-electron chi connectivity index (χ2n) is 6.63. The monoisotopic (exact) mass is 300 g/mol. The van der Waals surface area contributed by atoms with E-state index >= 15 is 0 Å². The predicted octanol–water partition coefficient (Wildman–Crippen LogP) is 3.88. The summed E-state index contributed by atoms with van der Waals surface area (Å²) < 4.78 is 5.27. The first-order valence-electron chi connectivity index (χ1n) is 6.88. The van der Waals surface area contributed by atoms with E-state index in [9.17, 15) is 4.79 Å². The maximum absolute atomic E-state index is 11.9. The minimum absolute atomic E-state index is 0.00340. The molecule has 4 fully saturated rings. The molecular weight excluding hydrogens is 280 g/mol. The molecule has 4 bridgehead atoms. The fourth-order valence-corrected chi connectivity index (χ4v) is 5.24. The second kappa shape index (κ2) is 4.25. The van der Waals surface area contributed by atoms with Crippen molar-refractivity contribution in [2.24, 2.45) is 23.2 Å². The van der Waals surface area contributed by atoms with E-state index in [0.717, 1.165) is 17.8 Å². The molecule has 0 aromatic carbocycles. The average molecular weight is 301 g/mol. The van der Waals surface area contributed by atoms with Crippen molar-refractivity contribution in [2.45, 2.75) is 56.9 Å². The Bertz CT molecular complexity index is 289. The van der Waals surface area contributed by atoms with Gasteiger partial charge in [-0.2, -0.15) is 0 Å². The molecule has 0 radical (unpaired) electrons. The van der Waals surface area contributed by atoms with Gasteiger partial charge in [-0.3, -0.25) is 4.79 Å². The molecule has 0 heterocycles. The summed E-state index contributed by atoms with van der Waals surface area (Å²) >= 11 is 3.28. The third kappa shape index (κ3) is 2.40. The van der Waals surface area contributed by atoms with Gasteiger partial charge >= 0.3 is 5.97 Å². The Morgan fingerprint density at radius 3 is 2.12 bits per heavy atom. The van der Waals surface area contributed by atoms with Gasteiger partial charge in [0.25, 0.3) is 0 Å². The van der Waals surface area contributed by atoms with E-state index in [4.69, 9.17) is 4.74 Å². The number of hydrogen-bond donors (Lipinski definition) is 0. The van der Waals surface area contributed by atoms with Crippen molar-refractivity contribution in [2.75, 3.05) is 0 Å². The normalized spacial score (nSPS) is 44.7. The highest BCUT2D eigenvalue weighted by molar-refractivity contribution is 9.09. The van der Waals surface area contributed by atoms with Crippen LogP contribution in [0, 0.1) is 23.2 Å². The molecule has 4 rings (SSSR count). The van der Waals surface area contributed by atoms with E-state index in [1.165, 1.54) is 38.5 Å². The molecule has 1 unspecified atom stereocenters. The van der Waals surface area contributed by atoms with Crippen molar-refractivity contribution < 1.29 is 9.53 Å². The van der Waals surface area contributed by atoms with Crippen LogP contribution in [0.1, 0.15) is 51.9 Å². The third-order valence-corrected chi connectivity index (χ3v) is 5.17. The lowest BCUT2D eigenvalue weighted by atomic mass is 9.49. The highest BCUT2D eigenvalue weighted by Crippen LogP contribution is 2.61. The Kier molecular flexibility index (Phi) is 3.00. The zero-order chi connectivity index (χ0) is 12.0. The van der Waals surface area contributed by atoms with Gasteiger partial charge in [-0.15, -0.1) is 0 Å². The minimum atomic E-state index is -0.149. The lowest BCUT2D eigenvalue weighted by Gasteiger charge is -2.56. The molecule has 0 saturated heterocycles. The number of alkyl halides is 1. The fraction of sp³-hybridized carbons (Fsp3) is 0.929. The average Bonchev–Trinajstić information content (AvgIpc) is 2.11. The minimum Gasteiger partial charge on any atom is -0.451 e. The fourth-order valence-electron chi connectivity index (χ4n) is 5.04. The van der Waals surface area contributed by atoms with Crippen molar-refractivity contribution in [3.8, 4) is 0 Å². The maximum atomic E-state index is 11.9. The molecule has 4 saturated carbocycles. The van der Waals surface area contributed by atoms with E-state index in [1.54, 1.807) is 0 Å². The van der Waals surface area contributed by atoms with E-state index in [1.807, 2.05) is 6.92 Å². The first-order valence-corrected chi connectivity index (χ1v) is 7.80. The first-order chi connectivity index (χ1) is 8.05. The highest BCUT2D eigenvalue weighted by Gasteiger charge is 2.51. The topological polar surface area (TPSA) is 26.3 Å². The Balaban J connectivity index is 1.68. The zero-order valence-corrected chi connectivity index (χ0v) is 12.0. The summed E-state index contributed by atoms with van der Waals surface area (Å²) in [6.07, 6.45) is 8.81. The second-order valence-corrected chi connectivity index (χ2v) is 7.92. The van der Waals surface area contributed by atoms with Gasteiger partial charge in [-0.05, 0) is 84.5 Å². The van der Waals surface area contributed by atoms with Crippen molar-refractivity contribution >= 4 is 21.9 Å². The largest absolute Gasteiger partial charge is 0.451 e. The van der Waals surface area contributed by atoms with Crippen LogP contribution in [0.2, 0.25) is 0 Å². The van der Waals surface area contributed by atoms with Gasteiger partial charge in [0.15, 0.2) is 5.01 Å². The Morgan fingerprint density at radius 1 is 1.24 bits per heavy atom. The number of carbonyl (C=O) groups is 1. The molecule has 4 aliphatic carbocycles. The van der Waals surface area contributed by atoms with Gasteiger partial charge < -0.3 is 4.74 Å². The molecule has 0 spiro atoms.